The second-order valence-corrected chi connectivity index (χ2v) is 5.35. The summed E-state index contributed by atoms with van der Waals surface area (Å²) in [5.74, 6) is 0.360. The number of rotatable bonds is 4. The van der Waals surface area contributed by atoms with Crippen molar-refractivity contribution in [1.82, 2.24) is 15.1 Å². The Labute approximate surface area is 124 Å². The fraction of sp³-hybridized carbons (Fsp3) is 0.235. The van der Waals surface area contributed by atoms with Crippen LogP contribution in [0.5, 0.6) is 5.75 Å². The Hall–Kier alpha value is -2.33. The van der Waals surface area contributed by atoms with Gasteiger partial charge in [-0.3, -0.25) is 4.68 Å². The average Bonchev–Trinajstić information content (AvgIpc) is 2.91. The standard InChI is InChI=1S/C17H19N3O/c1-12(18-9-13-10-19-20(2)11-13)15-8-7-14-5-3-4-6-16(14)17(15)21/h3-8,10-12,18,21H,9H2,1-2H3. The van der Waals surface area contributed by atoms with Gasteiger partial charge in [0.2, 0.25) is 0 Å². The van der Waals surface area contributed by atoms with E-state index < -0.39 is 0 Å². The van der Waals surface area contributed by atoms with Crippen molar-refractivity contribution in [3.63, 3.8) is 0 Å². The number of hydrogen-bond acceptors (Lipinski definition) is 3. The van der Waals surface area contributed by atoms with Crippen molar-refractivity contribution in [2.24, 2.45) is 7.05 Å². The van der Waals surface area contributed by atoms with E-state index in [9.17, 15) is 5.11 Å². The summed E-state index contributed by atoms with van der Waals surface area (Å²) in [6.07, 6.45) is 3.83. The van der Waals surface area contributed by atoms with Crippen LogP contribution in [0.2, 0.25) is 0 Å². The van der Waals surface area contributed by atoms with Crippen LogP contribution >= 0.6 is 0 Å². The summed E-state index contributed by atoms with van der Waals surface area (Å²) >= 11 is 0. The molecule has 0 saturated carbocycles. The molecule has 4 nitrogen and oxygen atoms in total. The van der Waals surface area contributed by atoms with Crippen LogP contribution in [0.25, 0.3) is 10.8 Å². The Morgan fingerprint density at radius 1 is 1.24 bits per heavy atom. The second-order valence-electron chi connectivity index (χ2n) is 5.35. The molecule has 0 bridgehead atoms. The number of benzene rings is 2. The van der Waals surface area contributed by atoms with Crippen molar-refractivity contribution >= 4 is 10.8 Å². The summed E-state index contributed by atoms with van der Waals surface area (Å²) in [5.41, 5.74) is 2.04. The van der Waals surface area contributed by atoms with Crippen molar-refractivity contribution < 1.29 is 5.11 Å². The van der Waals surface area contributed by atoms with Gasteiger partial charge in [0, 0.05) is 42.3 Å². The van der Waals surface area contributed by atoms with E-state index in [1.54, 1.807) is 4.68 Å². The molecule has 21 heavy (non-hydrogen) atoms. The quantitative estimate of drug-likeness (QED) is 0.772. The lowest BCUT2D eigenvalue weighted by atomic mass is 10.0. The molecule has 0 fully saturated rings. The molecular weight excluding hydrogens is 262 g/mol. The fourth-order valence-electron chi connectivity index (χ4n) is 2.57. The Morgan fingerprint density at radius 2 is 2.05 bits per heavy atom. The van der Waals surface area contributed by atoms with Crippen molar-refractivity contribution in [3.8, 4) is 5.75 Å². The Bertz CT molecular complexity index is 764. The summed E-state index contributed by atoms with van der Waals surface area (Å²) in [4.78, 5) is 0. The lowest BCUT2D eigenvalue weighted by Gasteiger charge is -2.16. The zero-order valence-electron chi connectivity index (χ0n) is 12.2. The van der Waals surface area contributed by atoms with Crippen molar-refractivity contribution in [1.29, 1.82) is 0 Å². The van der Waals surface area contributed by atoms with E-state index in [-0.39, 0.29) is 6.04 Å². The summed E-state index contributed by atoms with van der Waals surface area (Å²) in [5, 5.41) is 20.0. The monoisotopic (exact) mass is 281 g/mol. The minimum absolute atomic E-state index is 0.0646. The Kier molecular flexibility index (Phi) is 3.62. The molecule has 0 aliphatic heterocycles. The van der Waals surface area contributed by atoms with Gasteiger partial charge in [-0.05, 0) is 12.3 Å². The molecule has 2 aromatic carbocycles. The minimum Gasteiger partial charge on any atom is -0.507 e. The third kappa shape index (κ3) is 2.76. The van der Waals surface area contributed by atoms with E-state index in [1.807, 2.05) is 55.8 Å². The van der Waals surface area contributed by atoms with E-state index in [0.717, 1.165) is 28.4 Å². The molecule has 1 atom stereocenters. The molecule has 3 aromatic rings. The third-order valence-corrected chi connectivity index (χ3v) is 3.77. The first-order chi connectivity index (χ1) is 10.1. The lowest BCUT2D eigenvalue weighted by Crippen LogP contribution is -2.18. The van der Waals surface area contributed by atoms with Gasteiger partial charge in [-0.15, -0.1) is 0 Å². The zero-order valence-corrected chi connectivity index (χ0v) is 12.2. The van der Waals surface area contributed by atoms with Gasteiger partial charge >= 0.3 is 0 Å². The van der Waals surface area contributed by atoms with Crippen molar-refractivity contribution in [2.45, 2.75) is 19.5 Å². The van der Waals surface area contributed by atoms with E-state index in [1.165, 1.54) is 0 Å². The first-order valence-corrected chi connectivity index (χ1v) is 7.06. The molecule has 1 aromatic heterocycles. The van der Waals surface area contributed by atoms with Gasteiger partial charge < -0.3 is 10.4 Å². The number of fused-ring (bicyclic) bond motifs is 1. The summed E-state index contributed by atoms with van der Waals surface area (Å²) in [6.45, 7) is 2.78. The largest absolute Gasteiger partial charge is 0.507 e. The SMILES string of the molecule is CC(NCc1cnn(C)c1)c1ccc2ccccc2c1O. The molecule has 1 heterocycles. The van der Waals surface area contributed by atoms with Gasteiger partial charge in [0.15, 0.2) is 0 Å². The smallest absolute Gasteiger partial charge is 0.128 e. The molecule has 0 aliphatic rings. The number of aromatic hydroxyl groups is 1. The summed E-state index contributed by atoms with van der Waals surface area (Å²) < 4.78 is 1.79. The van der Waals surface area contributed by atoms with Crippen molar-refractivity contribution in [2.75, 3.05) is 0 Å². The van der Waals surface area contributed by atoms with Gasteiger partial charge in [0.1, 0.15) is 5.75 Å². The molecule has 0 spiro atoms. The average molecular weight is 281 g/mol. The predicted octanol–water partition coefficient (Wildman–Crippen LogP) is 3.13. The first-order valence-electron chi connectivity index (χ1n) is 7.06. The summed E-state index contributed by atoms with van der Waals surface area (Å²) in [6, 6.07) is 12.0. The molecule has 0 radical (unpaired) electrons. The molecular formula is C17H19N3O. The van der Waals surface area contributed by atoms with Crippen molar-refractivity contribution in [3.05, 3.63) is 59.9 Å². The number of aromatic nitrogens is 2. The number of nitrogens with zero attached hydrogens (tertiary/aromatic N) is 2. The Morgan fingerprint density at radius 3 is 2.81 bits per heavy atom. The molecule has 0 aliphatic carbocycles. The molecule has 3 rings (SSSR count). The van der Waals surface area contributed by atoms with Crippen LogP contribution in [0, 0.1) is 0 Å². The van der Waals surface area contributed by atoms with Crippen LogP contribution < -0.4 is 5.32 Å². The van der Waals surface area contributed by atoms with Crippen LogP contribution in [-0.4, -0.2) is 14.9 Å². The molecule has 1 unspecified atom stereocenters. The van der Waals surface area contributed by atoms with E-state index >= 15 is 0 Å². The van der Waals surface area contributed by atoms with Crippen LogP contribution in [0.3, 0.4) is 0 Å². The predicted molar refractivity (Wildman–Crippen MR) is 84.1 cm³/mol. The van der Waals surface area contributed by atoms with E-state index in [4.69, 9.17) is 0 Å². The second kappa shape index (κ2) is 5.58. The number of phenolic OH excluding ortho intramolecular Hbond substituents is 1. The number of hydrogen-bond donors (Lipinski definition) is 2. The normalized spacial score (nSPS) is 12.7. The highest BCUT2D eigenvalue weighted by Gasteiger charge is 2.12. The zero-order chi connectivity index (χ0) is 14.8. The van der Waals surface area contributed by atoms with Gasteiger partial charge in [0.25, 0.3) is 0 Å². The first kappa shape index (κ1) is 13.6. The third-order valence-electron chi connectivity index (χ3n) is 3.77. The maximum Gasteiger partial charge on any atom is 0.128 e. The lowest BCUT2D eigenvalue weighted by molar-refractivity contribution is 0.458. The molecule has 108 valence electrons. The van der Waals surface area contributed by atoms with Crippen LogP contribution in [0.1, 0.15) is 24.1 Å². The number of nitrogens with one attached hydrogen (secondary N) is 1. The number of aryl methyl sites for hydroxylation is 1. The maximum absolute atomic E-state index is 10.5. The molecule has 0 amide bonds. The van der Waals surface area contributed by atoms with Gasteiger partial charge in [-0.25, -0.2) is 0 Å². The van der Waals surface area contributed by atoms with Crippen LogP contribution in [0.4, 0.5) is 0 Å². The highest BCUT2D eigenvalue weighted by atomic mass is 16.3. The Balaban J connectivity index is 1.81. The van der Waals surface area contributed by atoms with Gasteiger partial charge in [-0.1, -0.05) is 36.4 Å². The highest BCUT2D eigenvalue weighted by molar-refractivity contribution is 5.89. The number of phenols is 1. The van der Waals surface area contributed by atoms with E-state index in [2.05, 4.69) is 17.3 Å². The van der Waals surface area contributed by atoms with Gasteiger partial charge in [0.05, 0.1) is 6.20 Å². The maximum atomic E-state index is 10.5. The van der Waals surface area contributed by atoms with Crippen LogP contribution in [-0.2, 0) is 13.6 Å². The molecule has 0 saturated heterocycles. The summed E-state index contributed by atoms with van der Waals surface area (Å²) in [7, 11) is 1.90. The highest BCUT2D eigenvalue weighted by Crippen LogP contribution is 2.32. The topological polar surface area (TPSA) is 50.1 Å². The van der Waals surface area contributed by atoms with Crippen LogP contribution in [0.15, 0.2) is 48.8 Å². The minimum atomic E-state index is 0.0646. The molecule has 2 N–H and O–H groups in total. The van der Waals surface area contributed by atoms with Gasteiger partial charge in [-0.2, -0.15) is 5.10 Å². The molecule has 4 heteroatoms. The fourth-order valence-corrected chi connectivity index (χ4v) is 2.57. The van der Waals surface area contributed by atoms with E-state index in [0.29, 0.717) is 5.75 Å².